The van der Waals surface area contributed by atoms with Crippen LogP contribution in [0.1, 0.15) is 38.3 Å². The highest BCUT2D eigenvalue weighted by molar-refractivity contribution is 5.71. The number of carbonyl (C=O) groups is 2. The van der Waals surface area contributed by atoms with E-state index in [0.29, 0.717) is 11.3 Å². The first-order valence-corrected chi connectivity index (χ1v) is 6.14. The maximum absolute atomic E-state index is 11.1. The van der Waals surface area contributed by atoms with Gasteiger partial charge in [-0.05, 0) is 18.1 Å². The Hall–Kier alpha value is -2.10. The van der Waals surface area contributed by atoms with E-state index < -0.39 is 5.97 Å². The zero-order valence-electron chi connectivity index (χ0n) is 11.4. The zero-order valence-corrected chi connectivity index (χ0v) is 11.4. The van der Waals surface area contributed by atoms with E-state index in [0.717, 1.165) is 12.0 Å². The van der Waals surface area contributed by atoms with Crippen LogP contribution in [0.3, 0.4) is 0 Å². The standard InChI is InChI=1S/C15H18O4/c1-4-5-7-13-8-6-9-15(19-12(3)17)14(13)10-18-11(2)16/h5-9H,4,10H2,1-3H3/b7-5+. The van der Waals surface area contributed by atoms with Gasteiger partial charge in [-0.25, -0.2) is 0 Å². The van der Waals surface area contributed by atoms with Crippen molar-refractivity contribution < 1.29 is 19.1 Å². The molecule has 1 aromatic carbocycles. The monoisotopic (exact) mass is 262 g/mol. The van der Waals surface area contributed by atoms with Crippen molar-refractivity contribution in [2.75, 3.05) is 0 Å². The van der Waals surface area contributed by atoms with Crippen LogP contribution in [0.25, 0.3) is 6.08 Å². The molecule has 0 aliphatic heterocycles. The first kappa shape index (κ1) is 15.0. The van der Waals surface area contributed by atoms with E-state index >= 15 is 0 Å². The third-order valence-electron chi connectivity index (χ3n) is 2.38. The molecule has 0 spiro atoms. The second-order valence-electron chi connectivity index (χ2n) is 4.01. The average Bonchev–Trinajstić information content (AvgIpc) is 2.34. The van der Waals surface area contributed by atoms with Crippen molar-refractivity contribution in [1.29, 1.82) is 0 Å². The van der Waals surface area contributed by atoms with E-state index in [2.05, 4.69) is 0 Å². The summed E-state index contributed by atoms with van der Waals surface area (Å²) < 4.78 is 10.1. The largest absolute Gasteiger partial charge is 0.461 e. The number of benzene rings is 1. The number of hydrogen-bond donors (Lipinski definition) is 0. The number of carbonyl (C=O) groups excluding carboxylic acids is 2. The van der Waals surface area contributed by atoms with Gasteiger partial charge in [-0.2, -0.15) is 0 Å². The van der Waals surface area contributed by atoms with Gasteiger partial charge in [0.25, 0.3) is 0 Å². The lowest BCUT2D eigenvalue weighted by Crippen LogP contribution is -2.07. The molecule has 1 aromatic rings. The van der Waals surface area contributed by atoms with E-state index in [1.807, 2.05) is 25.1 Å². The second kappa shape index (κ2) is 7.36. The molecule has 1 rings (SSSR count). The quantitative estimate of drug-likeness (QED) is 0.604. The summed E-state index contributed by atoms with van der Waals surface area (Å²) in [6.45, 7) is 4.79. The molecule has 4 heteroatoms. The van der Waals surface area contributed by atoms with Gasteiger partial charge >= 0.3 is 11.9 Å². The Morgan fingerprint density at radius 3 is 2.53 bits per heavy atom. The summed E-state index contributed by atoms with van der Waals surface area (Å²) in [6.07, 6.45) is 4.81. The van der Waals surface area contributed by atoms with Crippen LogP contribution in [0, 0.1) is 0 Å². The van der Waals surface area contributed by atoms with Gasteiger partial charge in [0.1, 0.15) is 12.4 Å². The Balaban J connectivity index is 3.10. The number of ether oxygens (including phenoxy) is 2. The molecule has 4 nitrogen and oxygen atoms in total. The molecule has 0 saturated carbocycles. The number of rotatable bonds is 5. The third kappa shape index (κ3) is 4.95. The molecular weight excluding hydrogens is 244 g/mol. The number of allylic oxidation sites excluding steroid dienone is 1. The van der Waals surface area contributed by atoms with Crippen molar-refractivity contribution in [2.24, 2.45) is 0 Å². The molecule has 0 atom stereocenters. The lowest BCUT2D eigenvalue weighted by Gasteiger charge is -2.12. The first-order chi connectivity index (χ1) is 9.04. The summed E-state index contributed by atoms with van der Waals surface area (Å²) in [6, 6.07) is 5.37. The molecule has 0 fully saturated rings. The Kier molecular flexibility index (Phi) is 5.79. The normalized spacial score (nSPS) is 10.5. The molecule has 0 unspecified atom stereocenters. The van der Waals surface area contributed by atoms with Crippen LogP contribution >= 0.6 is 0 Å². The highest BCUT2D eigenvalue weighted by Gasteiger charge is 2.11. The van der Waals surface area contributed by atoms with Gasteiger partial charge in [-0.15, -0.1) is 0 Å². The third-order valence-corrected chi connectivity index (χ3v) is 2.38. The molecule has 0 bridgehead atoms. The van der Waals surface area contributed by atoms with Gasteiger partial charge < -0.3 is 9.47 Å². The zero-order chi connectivity index (χ0) is 14.3. The minimum absolute atomic E-state index is 0.0855. The molecule has 19 heavy (non-hydrogen) atoms. The Morgan fingerprint density at radius 2 is 1.95 bits per heavy atom. The van der Waals surface area contributed by atoms with Crippen LogP contribution in [-0.4, -0.2) is 11.9 Å². The molecule has 0 radical (unpaired) electrons. The van der Waals surface area contributed by atoms with Crippen LogP contribution in [-0.2, 0) is 20.9 Å². The molecule has 0 aliphatic carbocycles. The van der Waals surface area contributed by atoms with Crippen LogP contribution in [0.5, 0.6) is 5.75 Å². The fourth-order valence-electron chi connectivity index (χ4n) is 1.56. The SMILES string of the molecule is CC/C=C/c1cccc(OC(C)=O)c1COC(C)=O. The molecule has 102 valence electrons. The minimum Gasteiger partial charge on any atom is -0.461 e. The van der Waals surface area contributed by atoms with E-state index in [-0.39, 0.29) is 12.6 Å². The number of esters is 2. The molecule has 0 aromatic heterocycles. The van der Waals surface area contributed by atoms with Crippen LogP contribution < -0.4 is 4.74 Å². The molecule has 0 aliphatic rings. The van der Waals surface area contributed by atoms with Gasteiger partial charge in [-0.1, -0.05) is 31.2 Å². The van der Waals surface area contributed by atoms with Crippen LogP contribution in [0.4, 0.5) is 0 Å². The maximum Gasteiger partial charge on any atom is 0.308 e. The first-order valence-electron chi connectivity index (χ1n) is 6.14. The Bertz CT molecular complexity index is 489. The van der Waals surface area contributed by atoms with Gasteiger partial charge in [0, 0.05) is 19.4 Å². The van der Waals surface area contributed by atoms with Crippen LogP contribution in [0.2, 0.25) is 0 Å². The van der Waals surface area contributed by atoms with E-state index in [4.69, 9.17) is 9.47 Å². The summed E-state index contributed by atoms with van der Waals surface area (Å²) in [4.78, 5) is 22.0. The summed E-state index contributed by atoms with van der Waals surface area (Å²) in [5, 5.41) is 0. The molecular formula is C15H18O4. The summed E-state index contributed by atoms with van der Waals surface area (Å²) >= 11 is 0. The van der Waals surface area contributed by atoms with Crippen molar-refractivity contribution in [3.8, 4) is 5.75 Å². The fourth-order valence-corrected chi connectivity index (χ4v) is 1.56. The average molecular weight is 262 g/mol. The molecule has 0 saturated heterocycles. The minimum atomic E-state index is -0.402. The highest BCUT2D eigenvalue weighted by Crippen LogP contribution is 2.25. The predicted octanol–water partition coefficient (Wildman–Crippen LogP) is 3.10. The summed E-state index contributed by atoms with van der Waals surface area (Å²) in [7, 11) is 0. The van der Waals surface area contributed by atoms with E-state index in [1.165, 1.54) is 13.8 Å². The Labute approximate surface area is 113 Å². The summed E-state index contributed by atoms with van der Waals surface area (Å²) in [5.41, 5.74) is 1.57. The van der Waals surface area contributed by atoms with Crippen LogP contribution in [0.15, 0.2) is 24.3 Å². The van der Waals surface area contributed by atoms with Gasteiger partial charge in [-0.3, -0.25) is 9.59 Å². The van der Waals surface area contributed by atoms with Crippen molar-refractivity contribution in [3.63, 3.8) is 0 Å². The number of hydrogen-bond acceptors (Lipinski definition) is 4. The van der Waals surface area contributed by atoms with Gasteiger partial charge in [0.15, 0.2) is 0 Å². The van der Waals surface area contributed by atoms with E-state index in [1.54, 1.807) is 12.1 Å². The lowest BCUT2D eigenvalue weighted by molar-refractivity contribution is -0.142. The topological polar surface area (TPSA) is 52.6 Å². The highest BCUT2D eigenvalue weighted by atomic mass is 16.5. The van der Waals surface area contributed by atoms with Crippen molar-refractivity contribution in [2.45, 2.75) is 33.8 Å². The molecule has 0 heterocycles. The predicted molar refractivity (Wildman–Crippen MR) is 72.5 cm³/mol. The lowest BCUT2D eigenvalue weighted by atomic mass is 10.1. The van der Waals surface area contributed by atoms with Crippen molar-refractivity contribution >= 4 is 18.0 Å². The fraction of sp³-hybridized carbons (Fsp3) is 0.333. The second-order valence-corrected chi connectivity index (χ2v) is 4.01. The molecule has 0 N–H and O–H groups in total. The van der Waals surface area contributed by atoms with Gasteiger partial charge in [0.2, 0.25) is 0 Å². The van der Waals surface area contributed by atoms with Crippen molar-refractivity contribution in [3.05, 3.63) is 35.4 Å². The van der Waals surface area contributed by atoms with E-state index in [9.17, 15) is 9.59 Å². The maximum atomic E-state index is 11.1. The molecule has 0 amide bonds. The van der Waals surface area contributed by atoms with Gasteiger partial charge in [0.05, 0.1) is 0 Å². The Morgan fingerprint density at radius 1 is 1.21 bits per heavy atom. The summed E-state index contributed by atoms with van der Waals surface area (Å²) in [5.74, 6) is -0.351. The smallest absolute Gasteiger partial charge is 0.308 e. The van der Waals surface area contributed by atoms with Crippen molar-refractivity contribution in [1.82, 2.24) is 0 Å².